The first kappa shape index (κ1) is 28.1. The van der Waals surface area contributed by atoms with Crippen LogP contribution in [0.5, 0.6) is 0 Å². The molecule has 0 aliphatic rings. The van der Waals surface area contributed by atoms with Gasteiger partial charge in [0.25, 0.3) is 0 Å². The van der Waals surface area contributed by atoms with Gasteiger partial charge in [-0.25, -0.2) is 9.78 Å². The second kappa shape index (κ2) is 15.0. The van der Waals surface area contributed by atoms with E-state index in [1.807, 2.05) is 20.8 Å². The summed E-state index contributed by atoms with van der Waals surface area (Å²) in [6.45, 7) is 12.3. The van der Waals surface area contributed by atoms with Crippen molar-refractivity contribution in [1.29, 1.82) is 0 Å². The fourth-order valence-electron chi connectivity index (χ4n) is 2.07. The number of carbonyl (C=O) groups is 2. The molecule has 0 atom stereocenters. The highest BCUT2D eigenvalue weighted by molar-refractivity contribution is 5.82. The van der Waals surface area contributed by atoms with Crippen LogP contribution in [-0.4, -0.2) is 59.2 Å². The summed E-state index contributed by atoms with van der Waals surface area (Å²) in [6.07, 6.45) is 2.05. The third-order valence-corrected chi connectivity index (χ3v) is 3.41. The first-order valence-corrected chi connectivity index (χ1v) is 10.6. The van der Waals surface area contributed by atoms with Crippen LogP contribution in [0.2, 0.25) is 0 Å². The van der Waals surface area contributed by atoms with Crippen LogP contribution in [0.1, 0.15) is 66.4 Å². The van der Waals surface area contributed by atoms with Crippen molar-refractivity contribution in [3.63, 3.8) is 0 Å². The minimum absolute atomic E-state index is 0.0834. The van der Waals surface area contributed by atoms with Gasteiger partial charge in [0, 0.05) is 26.6 Å². The van der Waals surface area contributed by atoms with E-state index in [0.717, 1.165) is 6.42 Å². The number of carbonyl (C=O) groups excluding carboxylic acids is 2. The molecule has 174 valence electrons. The highest BCUT2D eigenvalue weighted by Gasteiger charge is 2.20. The zero-order chi connectivity index (χ0) is 23.9. The van der Waals surface area contributed by atoms with Crippen molar-refractivity contribution in [1.82, 2.24) is 20.2 Å². The minimum Gasteiger partial charge on any atom is -0.444 e. The highest BCUT2D eigenvalue weighted by Crippen LogP contribution is 2.10. The number of halogens is 1. The first-order valence-electron chi connectivity index (χ1n) is 10.6. The van der Waals surface area contributed by atoms with Crippen LogP contribution >= 0.6 is 0 Å². The molecule has 0 aromatic carbocycles. The van der Waals surface area contributed by atoms with E-state index in [1.165, 1.54) is 18.1 Å². The Morgan fingerprint density at radius 3 is 2.55 bits per heavy atom. The van der Waals surface area contributed by atoms with E-state index in [4.69, 9.17) is 4.74 Å². The monoisotopic (exact) mass is 437 g/mol. The van der Waals surface area contributed by atoms with Crippen molar-refractivity contribution >= 4 is 17.8 Å². The van der Waals surface area contributed by atoms with Gasteiger partial charge in [-0.15, -0.1) is 0 Å². The van der Waals surface area contributed by atoms with Crippen LogP contribution in [-0.2, 0) is 9.53 Å². The lowest BCUT2D eigenvalue weighted by Crippen LogP contribution is -2.41. The molecule has 31 heavy (non-hydrogen) atoms. The Morgan fingerprint density at radius 1 is 1.26 bits per heavy atom. The summed E-state index contributed by atoms with van der Waals surface area (Å²) in [5, 5.41) is 5.75. The van der Waals surface area contributed by atoms with Gasteiger partial charge in [0.1, 0.15) is 18.0 Å². The molecule has 0 spiro atoms. The molecule has 0 unspecified atom stereocenters. The van der Waals surface area contributed by atoms with Crippen molar-refractivity contribution in [3.05, 3.63) is 17.8 Å². The Labute approximate surface area is 185 Å². The molecule has 0 aliphatic heterocycles. The van der Waals surface area contributed by atoms with Crippen molar-refractivity contribution in [2.75, 3.05) is 32.0 Å². The summed E-state index contributed by atoms with van der Waals surface area (Å²) in [4.78, 5) is 32.2. The average Bonchev–Trinajstić information content (AvgIpc) is 2.70. The van der Waals surface area contributed by atoms with Crippen molar-refractivity contribution < 1.29 is 18.7 Å². The molecule has 0 fully saturated rings. The van der Waals surface area contributed by atoms with Crippen molar-refractivity contribution in [3.8, 4) is 11.8 Å². The van der Waals surface area contributed by atoms with Gasteiger partial charge in [-0.3, -0.25) is 4.79 Å². The Balaban J connectivity index is 0.00000436. The second-order valence-electron chi connectivity index (χ2n) is 7.42. The first-order chi connectivity index (χ1) is 14.6. The summed E-state index contributed by atoms with van der Waals surface area (Å²) in [7, 11) is 1.51. The van der Waals surface area contributed by atoms with Gasteiger partial charge < -0.3 is 20.3 Å². The number of rotatable bonds is 8. The second-order valence-corrected chi connectivity index (χ2v) is 7.42. The van der Waals surface area contributed by atoms with E-state index >= 15 is 0 Å². The van der Waals surface area contributed by atoms with E-state index in [1.54, 1.807) is 20.8 Å². The Hall–Kier alpha value is -2.89. The quantitative estimate of drug-likeness (QED) is 0.367. The van der Waals surface area contributed by atoms with Crippen molar-refractivity contribution in [2.45, 2.75) is 66.4 Å². The number of unbranched alkanes of at least 4 members (excludes halogenated alkanes) is 1. The topological polar surface area (TPSA) is 96.5 Å². The number of aromatic nitrogens is 2. The van der Waals surface area contributed by atoms with Gasteiger partial charge in [-0.05, 0) is 33.6 Å². The number of hydrogen-bond acceptors (Lipinski definition) is 6. The smallest absolute Gasteiger partial charge is 0.410 e. The van der Waals surface area contributed by atoms with Crippen LogP contribution in [0.3, 0.4) is 0 Å². The van der Waals surface area contributed by atoms with E-state index in [-0.39, 0.29) is 12.5 Å². The Kier molecular flexibility index (Phi) is 13.6. The van der Waals surface area contributed by atoms with Crippen LogP contribution in [0.15, 0.2) is 6.20 Å². The van der Waals surface area contributed by atoms with E-state index < -0.39 is 17.8 Å². The molecule has 0 saturated heterocycles. The Bertz CT molecular complexity index is 754. The number of hydrogen-bond donors (Lipinski definition) is 2. The van der Waals surface area contributed by atoms with Crippen LogP contribution in [0.4, 0.5) is 15.0 Å². The molecule has 2 N–H and O–H groups in total. The van der Waals surface area contributed by atoms with Crippen molar-refractivity contribution in [2.24, 2.45) is 0 Å². The molecular weight excluding hydrogens is 401 g/mol. The standard InChI is InChI=1S/C20H30FN5O3.C2H6/c1-6-11-23-17-15(13-24-18(21)25-17)10-8-7-9-12-22-16(27)14-26(5)19(28)29-20(2,3)4;1-2/h13H,6-7,9,11-12,14H2,1-5H3,(H,22,27)(H,23,24,25);1-2H3. The molecule has 1 aromatic heterocycles. The fourth-order valence-corrected chi connectivity index (χ4v) is 2.07. The average molecular weight is 438 g/mol. The molecule has 0 radical (unpaired) electrons. The fraction of sp³-hybridized carbons (Fsp3) is 0.636. The molecule has 8 nitrogen and oxygen atoms in total. The molecule has 2 amide bonds. The molecule has 0 saturated carbocycles. The predicted octanol–water partition coefficient (Wildman–Crippen LogP) is 3.58. The van der Waals surface area contributed by atoms with Gasteiger partial charge in [-0.1, -0.05) is 32.6 Å². The van der Waals surface area contributed by atoms with Gasteiger partial charge in [0.15, 0.2) is 0 Å². The third kappa shape index (κ3) is 13.1. The largest absolute Gasteiger partial charge is 0.444 e. The summed E-state index contributed by atoms with van der Waals surface area (Å²) < 4.78 is 18.4. The van der Waals surface area contributed by atoms with Gasteiger partial charge in [0.05, 0.1) is 11.8 Å². The Morgan fingerprint density at radius 2 is 1.94 bits per heavy atom. The summed E-state index contributed by atoms with van der Waals surface area (Å²) in [5.74, 6) is 5.99. The van der Waals surface area contributed by atoms with Crippen LogP contribution < -0.4 is 10.6 Å². The lowest BCUT2D eigenvalue weighted by Gasteiger charge is -2.24. The zero-order valence-electron chi connectivity index (χ0n) is 19.8. The normalized spacial score (nSPS) is 10.1. The summed E-state index contributed by atoms with van der Waals surface area (Å²) >= 11 is 0. The predicted molar refractivity (Wildman–Crippen MR) is 120 cm³/mol. The number of nitrogens with zero attached hydrogens (tertiary/aromatic N) is 3. The van der Waals surface area contributed by atoms with Crippen LogP contribution in [0.25, 0.3) is 0 Å². The van der Waals surface area contributed by atoms with E-state index in [9.17, 15) is 14.0 Å². The highest BCUT2D eigenvalue weighted by atomic mass is 19.1. The number of nitrogens with one attached hydrogen (secondary N) is 2. The number of anilines is 1. The summed E-state index contributed by atoms with van der Waals surface area (Å²) in [6, 6.07) is 0. The third-order valence-electron chi connectivity index (χ3n) is 3.41. The molecule has 9 heteroatoms. The molecule has 0 aliphatic carbocycles. The molecule has 1 aromatic rings. The maximum Gasteiger partial charge on any atom is 0.410 e. The maximum atomic E-state index is 13.2. The van der Waals surface area contributed by atoms with E-state index in [0.29, 0.717) is 37.3 Å². The lowest BCUT2D eigenvalue weighted by molar-refractivity contribution is -0.122. The van der Waals surface area contributed by atoms with E-state index in [2.05, 4.69) is 32.4 Å². The minimum atomic E-state index is -0.798. The maximum absolute atomic E-state index is 13.2. The molecule has 1 rings (SSSR count). The zero-order valence-corrected chi connectivity index (χ0v) is 19.8. The SMILES string of the molecule is CC.CCCNc1nc(F)ncc1C#CCCCNC(=O)CN(C)C(=O)OC(C)(C)C. The summed E-state index contributed by atoms with van der Waals surface area (Å²) in [5.41, 5.74) is -0.0787. The van der Waals surface area contributed by atoms with Gasteiger partial charge in [0.2, 0.25) is 5.91 Å². The van der Waals surface area contributed by atoms with Gasteiger partial charge >= 0.3 is 12.2 Å². The molecular formula is C22H36FN5O3. The molecule has 1 heterocycles. The number of amides is 2. The lowest BCUT2D eigenvalue weighted by atomic mass is 10.2. The van der Waals surface area contributed by atoms with Gasteiger partial charge in [-0.2, -0.15) is 9.37 Å². The van der Waals surface area contributed by atoms with Crippen LogP contribution in [0, 0.1) is 17.9 Å². The number of likely N-dealkylation sites (N-methyl/N-ethyl adjacent to an activating group) is 1. The molecule has 0 bridgehead atoms. The number of ether oxygens (including phenoxy) is 1.